The number of fused-ring (bicyclic) bond motifs is 1. The van der Waals surface area contributed by atoms with Crippen LogP contribution in [0, 0.1) is 5.41 Å². The van der Waals surface area contributed by atoms with Crippen LogP contribution in [0.5, 0.6) is 0 Å². The number of amides is 1. The van der Waals surface area contributed by atoms with Gasteiger partial charge in [0.05, 0.1) is 16.3 Å². The van der Waals surface area contributed by atoms with Crippen LogP contribution in [0.2, 0.25) is 0 Å². The number of hydrogen-bond acceptors (Lipinski definition) is 6. The van der Waals surface area contributed by atoms with Gasteiger partial charge in [0.15, 0.2) is 0 Å². The lowest BCUT2D eigenvalue weighted by Gasteiger charge is -2.17. The van der Waals surface area contributed by atoms with Crippen molar-refractivity contribution in [3.05, 3.63) is 125 Å². The van der Waals surface area contributed by atoms with Crippen LogP contribution >= 0.6 is 23.3 Å². The van der Waals surface area contributed by atoms with Crippen LogP contribution in [0.4, 0.5) is 5.69 Å². The molecule has 1 amide bonds. The van der Waals surface area contributed by atoms with E-state index in [1.165, 1.54) is 11.9 Å². The van der Waals surface area contributed by atoms with E-state index < -0.39 is 0 Å². The van der Waals surface area contributed by atoms with Gasteiger partial charge in [0.25, 0.3) is 5.91 Å². The highest BCUT2D eigenvalue weighted by Crippen LogP contribution is 2.31. The molecular weight excluding hydrogens is 498 g/mol. The maximum absolute atomic E-state index is 12.6. The van der Waals surface area contributed by atoms with Crippen LogP contribution in [0.1, 0.15) is 32.5 Å². The van der Waals surface area contributed by atoms with Gasteiger partial charge in [0, 0.05) is 21.7 Å². The molecule has 8 heteroatoms. The number of nitrogens with zero attached hydrogens (tertiary/aromatic N) is 1. The summed E-state index contributed by atoms with van der Waals surface area (Å²) in [5.41, 5.74) is 9.80. The number of carbonyl (C=O) groups is 1. The smallest absolute Gasteiger partial charge is 0.255 e. The third-order valence-electron chi connectivity index (χ3n) is 5.73. The van der Waals surface area contributed by atoms with E-state index in [2.05, 4.69) is 16.1 Å². The molecule has 0 saturated heterocycles. The van der Waals surface area contributed by atoms with Crippen LogP contribution in [0.15, 0.2) is 108 Å². The van der Waals surface area contributed by atoms with Crippen molar-refractivity contribution >= 4 is 50.9 Å². The molecule has 5 N–H and O–H groups in total. The Bertz CT molecular complexity index is 1520. The Balaban J connectivity index is 1.35. The first-order valence-electron chi connectivity index (χ1n) is 11.7. The largest absolute Gasteiger partial charge is 0.384 e. The van der Waals surface area contributed by atoms with Gasteiger partial charge in [-0.15, -0.1) is 11.3 Å². The van der Waals surface area contributed by atoms with Crippen LogP contribution < -0.4 is 15.8 Å². The molecule has 1 aromatic heterocycles. The molecule has 1 unspecified atom stereocenters. The number of para-hydroxylation sites is 1. The summed E-state index contributed by atoms with van der Waals surface area (Å²) in [6.07, 6.45) is 0.679. The Hall–Kier alpha value is -3.98. The summed E-state index contributed by atoms with van der Waals surface area (Å²) in [6, 6.07) is 32.7. The first-order chi connectivity index (χ1) is 18.0. The lowest BCUT2D eigenvalue weighted by molar-refractivity contribution is 0.102. The molecule has 0 radical (unpaired) electrons. The zero-order chi connectivity index (χ0) is 25.6. The third-order valence-corrected chi connectivity index (χ3v) is 7.78. The molecule has 0 bridgehead atoms. The highest BCUT2D eigenvalue weighted by atomic mass is 32.2. The van der Waals surface area contributed by atoms with Crippen molar-refractivity contribution in [2.75, 3.05) is 5.32 Å². The van der Waals surface area contributed by atoms with E-state index in [1.54, 1.807) is 23.5 Å². The minimum absolute atomic E-state index is 0.0510. The van der Waals surface area contributed by atoms with Gasteiger partial charge in [-0.05, 0) is 72.5 Å². The summed E-state index contributed by atoms with van der Waals surface area (Å²) in [6.45, 7) is 0. The van der Waals surface area contributed by atoms with Gasteiger partial charge in [-0.3, -0.25) is 10.2 Å². The summed E-state index contributed by atoms with van der Waals surface area (Å²) < 4.78 is 4.73. The Labute approximate surface area is 223 Å². The first-order valence-corrected chi connectivity index (χ1v) is 13.4. The number of nitrogens with one attached hydrogen (secondary N) is 3. The van der Waals surface area contributed by atoms with E-state index in [0.717, 1.165) is 31.4 Å². The molecule has 0 aliphatic heterocycles. The van der Waals surface area contributed by atoms with Crippen LogP contribution in [0.25, 0.3) is 10.2 Å². The molecule has 184 valence electrons. The maximum Gasteiger partial charge on any atom is 0.255 e. The topological polar surface area (TPSA) is 104 Å². The van der Waals surface area contributed by atoms with E-state index in [0.29, 0.717) is 17.5 Å². The van der Waals surface area contributed by atoms with E-state index in [4.69, 9.17) is 16.1 Å². The summed E-state index contributed by atoms with van der Waals surface area (Å²) in [5.74, 6) is -0.0940. The Kier molecular flexibility index (Phi) is 7.60. The fourth-order valence-electron chi connectivity index (χ4n) is 3.89. The second-order valence-electron chi connectivity index (χ2n) is 8.46. The predicted molar refractivity (Wildman–Crippen MR) is 153 cm³/mol. The average Bonchev–Trinajstić information content (AvgIpc) is 3.36. The first kappa shape index (κ1) is 24.7. The number of nitrogens with two attached hydrogens (primary N) is 1. The molecule has 0 spiro atoms. The van der Waals surface area contributed by atoms with Crippen molar-refractivity contribution in [1.29, 1.82) is 5.41 Å². The second kappa shape index (κ2) is 11.4. The van der Waals surface area contributed by atoms with Gasteiger partial charge >= 0.3 is 0 Å². The Morgan fingerprint density at radius 3 is 2.49 bits per heavy atom. The van der Waals surface area contributed by atoms with Crippen molar-refractivity contribution in [3.8, 4) is 0 Å². The molecule has 37 heavy (non-hydrogen) atoms. The number of benzene rings is 4. The number of amidine groups is 1. The maximum atomic E-state index is 12.6. The lowest BCUT2D eigenvalue weighted by atomic mass is 10.0. The number of aromatic nitrogens is 1. The van der Waals surface area contributed by atoms with Crippen molar-refractivity contribution in [2.45, 2.75) is 17.4 Å². The van der Waals surface area contributed by atoms with E-state index >= 15 is 0 Å². The normalized spacial score (nSPS) is 11.8. The van der Waals surface area contributed by atoms with Crippen molar-refractivity contribution in [2.24, 2.45) is 5.73 Å². The molecule has 5 rings (SSSR count). The minimum atomic E-state index is -0.145. The fourth-order valence-corrected chi connectivity index (χ4v) is 5.79. The molecule has 1 heterocycles. The van der Waals surface area contributed by atoms with Crippen molar-refractivity contribution in [1.82, 2.24) is 9.71 Å². The van der Waals surface area contributed by atoms with Crippen molar-refractivity contribution < 1.29 is 4.79 Å². The highest BCUT2D eigenvalue weighted by Gasteiger charge is 2.18. The minimum Gasteiger partial charge on any atom is -0.384 e. The van der Waals surface area contributed by atoms with Gasteiger partial charge < -0.3 is 11.1 Å². The molecule has 6 nitrogen and oxygen atoms in total. The molecular formula is C29H25N5OS2. The van der Waals surface area contributed by atoms with Gasteiger partial charge in [0.1, 0.15) is 10.8 Å². The van der Waals surface area contributed by atoms with E-state index in [1.807, 2.05) is 84.9 Å². The van der Waals surface area contributed by atoms with Gasteiger partial charge in [-0.1, -0.05) is 54.6 Å². The molecule has 0 fully saturated rings. The molecule has 1 atom stereocenters. The Morgan fingerprint density at radius 2 is 1.68 bits per heavy atom. The molecule has 4 aromatic carbocycles. The highest BCUT2D eigenvalue weighted by molar-refractivity contribution is 7.97. The van der Waals surface area contributed by atoms with Crippen LogP contribution in [-0.4, -0.2) is 16.7 Å². The quantitative estimate of drug-likeness (QED) is 0.101. The summed E-state index contributed by atoms with van der Waals surface area (Å²) in [5, 5.41) is 11.7. The molecule has 0 aliphatic rings. The fraction of sp³-hybridized carbons (Fsp3) is 0.0690. The monoisotopic (exact) mass is 523 g/mol. The SMILES string of the molecule is N=C(N)c1cccc(CC(NSc2cccc(NC(=O)c3ccccc3)c2)c2nc3ccccc3s2)c1. The molecule has 0 saturated carbocycles. The number of thiazole rings is 1. The van der Waals surface area contributed by atoms with Gasteiger partial charge in [-0.2, -0.15) is 0 Å². The zero-order valence-corrected chi connectivity index (χ0v) is 21.5. The molecule has 5 aromatic rings. The lowest BCUT2D eigenvalue weighted by Crippen LogP contribution is -2.18. The average molecular weight is 524 g/mol. The third kappa shape index (κ3) is 6.24. The second-order valence-corrected chi connectivity index (χ2v) is 10.4. The standard InChI is InChI=1S/C29H25N5OS2/c30-27(31)21-11-6-8-19(16-21)17-25(29-33-24-14-4-5-15-26(24)36-29)34-37-23-13-7-12-22(18-23)32-28(35)20-9-2-1-3-10-20/h1-16,18,25,34H,17H2,(H3,30,31)(H,32,35). The summed E-state index contributed by atoms with van der Waals surface area (Å²) in [4.78, 5) is 18.4. The number of nitrogen functional groups attached to an aromatic ring is 1. The van der Waals surface area contributed by atoms with E-state index in [-0.39, 0.29) is 17.8 Å². The van der Waals surface area contributed by atoms with Crippen molar-refractivity contribution in [3.63, 3.8) is 0 Å². The van der Waals surface area contributed by atoms with Crippen LogP contribution in [-0.2, 0) is 6.42 Å². The summed E-state index contributed by atoms with van der Waals surface area (Å²) >= 11 is 3.17. The predicted octanol–water partition coefficient (Wildman–Crippen LogP) is 6.41. The number of anilines is 1. The summed E-state index contributed by atoms with van der Waals surface area (Å²) in [7, 11) is 0. The number of rotatable bonds is 9. The number of hydrogen-bond donors (Lipinski definition) is 4. The zero-order valence-electron chi connectivity index (χ0n) is 19.8. The Morgan fingerprint density at radius 1 is 0.919 bits per heavy atom. The number of carbonyl (C=O) groups excluding carboxylic acids is 1. The van der Waals surface area contributed by atoms with Crippen LogP contribution in [0.3, 0.4) is 0 Å². The van der Waals surface area contributed by atoms with E-state index in [9.17, 15) is 4.79 Å². The molecule has 0 aliphatic carbocycles. The van der Waals surface area contributed by atoms with Gasteiger partial charge in [-0.25, -0.2) is 9.71 Å². The van der Waals surface area contributed by atoms with Gasteiger partial charge in [0.2, 0.25) is 0 Å².